The van der Waals surface area contributed by atoms with Gasteiger partial charge in [0.25, 0.3) is 5.91 Å². The van der Waals surface area contributed by atoms with Crippen LogP contribution in [0.2, 0.25) is 0 Å². The predicted octanol–water partition coefficient (Wildman–Crippen LogP) is 3.57. The zero-order valence-electron chi connectivity index (χ0n) is 18.0. The van der Waals surface area contributed by atoms with Gasteiger partial charge in [-0.3, -0.25) is 20.4 Å². The van der Waals surface area contributed by atoms with Crippen LogP contribution in [-0.4, -0.2) is 29.9 Å². The van der Waals surface area contributed by atoms with Gasteiger partial charge in [0.15, 0.2) is 0 Å². The Kier molecular flexibility index (Phi) is 7.70. The molecule has 2 N–H and O–H groups in total. The Bertz CT molecular complexity index is 1080. The molecular formula is C25H25N3O4. The van der Waals surface area contributed by atoms with E-state index in [1.807, 2.05) is 25.1 Å². The Balaban J connectivity index is 1.47. The highest BCUT2D eigenvalue weighted by molar-refractivity contribution is 5.95. The number of rotatable bonds is 7. The molecule has 1 atom stereocenters. The summed E-state index contributed by atoms with van der Waals surface area (Å²) in [5.74, 6) is -1.49. The van der Waals surface area contributed by atoms with Gasteiger partial charge in [0.05, 0.1) is 7.11 Å². The van der Waals surface area contributed by atoms with Crippen LogP contribution in [0.5, 0.6) is 0 Å². The number of hydrogen-bond acceptors (Lipinski definition) is 5. The van der Waals surface area contributed by atoms with Gasteiger partial charge in [-0.25, -0.2) is 9.78 Å². The molecule has 32 heavy (non-hydrogen) atoms. The van der Waals surface area contributed by atoms with Crippen molar-refractivity contribution in [3.8, 4) is 11.1 Å². The topological polar surface area (TPSA) is 97.4 Å². The molecule has 3 aromatic rings. The van der Waals surface area contributed by atoms with E-state index in [1.54, 1.807) is 0 Å². The maximum absolute atomic E-state index is 12.2. The van der Waals surface area contributed by atoms with Crippen LogP contribution in [0.4, 0.5) is 0 Å². The second kappa shape index (κ2) is 10.9. The van der Waals surface area contributed by atoms with E-state index >= 15 is 0 Å². The lowest BCUT2D eigenvalue weighted by Gasteiger charge is -2.13. The quantitative estimate of drug-likeness (QED) is 0.440. The second-order valence-electron chi connectivity index (χ2n) is 7.48. The second-order valence-corrected chi connectivity index (χ2v) is 7.48. The van der Waals surface area contributed by atoms with Crippen molar-refractivity contribution in [1.82, 2.24) is 15.8 Å². The minimum Gasteiger partial charge on any atom is -0.464 e. The number of benzene rings is 2. The molecule has 0 aliphatic rings. The third-order valence-electron chi connectivity index (χ3n) is 4.87. The molecule has 0 bridgehead atoms. The molecule has 7 nitrogen and oxygen atoms in total. The summed E-state index contributed by atoms with van der Waals surface area (Å²) in [6, 6.07) is 22.8. The minimum absolute atomic E-state index is 0.000227. The number of hydrazine groups is 1. The molecule has 0 saturated heterocycles. The molecule has 3 rings (SSSR count). The van der Waals surface area contributed by atoms with Crippen molar-refractivity contribution in [2.24, 2.45) is 5.92 Å². The first-order valence-corrected chi connectivity index (χ1v) is 10.2. The first-order valence-electron chi connectivity index (χ1n) is 10.2. The van der Waals surface area contributed by atoms with Gasteiger partial charge < -0.3 is 4.74 Å². The van der Waals surface area contributed by atoms with Crippen molar-refractivity contribution in [1.29, 1.82) is 0 Å². The van der Waals surface area contributed by atoms with E-state index < -0.39 is 11.9 Å². The van der Waals surface area contributed by atoms with E-state index in [9.17, 15) is 14.4 Å². The number of amides is 2. The normalized spacial score (nSPS) is 11.3. The average molecular weight is 431 g/mol. The zero-order chi connectivity index (χ0) is 22.9. The molecule has 2 amide bonds. The van der Waals surface area contributed by atoms with Gasteiger partial charge >= 0.3 is 5.97 Å². The van der Waals surface area contributed by atoms with Crippen LogP contribution in [-0.2, 0) is 16.0 Å². The molecule has 1 aromatic heterocycles. The van der Waals surface area contributed by atoms with Crippen LogP contribution in [0.3, 0.4) is 0 Å². The third-order valence-corrected chi connectivity index (χ3v) is 4.87. The Hall–Kier alpha value is -4.00. The van der Waals surface area contributed by atoms with E-state index in [1.165, 1.54) is 25.3 Å². The standard InChI is InChI=1S/C25H25N3O4/c1-17(15-18-11-13-20(14-12-18)19-7-4-3-5-8-19)16-23(29)27-28-24(30)21-9-6-10-22(26-21)25(31)32-2/h3-14,17H,15-16H2,1-2H3,(H,27,29)(H,28,30). The number of nitrogens with one attached hydrogen (secondary N) is 2. The molecule has 164 valence electrons. The lowest BCUT2D eigenvalue weighted by Crippen LogP contribution is -2.42. The van der Waals surface area contributed by atoms with Gasteiger partial charge in [-0.05, 0) is 41.2 Å². The highest BCUT2D eigenvalue weighted by Crippen LogP contribution is 2.21. The molecule has 7 heteroatoms. The molecule has 2 aromatic carbocycles. The number of pyridine rings is 1. The van der Waals surface area contributed by atoms with Gasteiger partial charge in [0.2, 0.25) is 5.91 Å². The lowest BCUT2D eigenvalue weighted by molar-refractivity contribution is -0.122. The fraction of sp³-hybridized carbons (Fsp3) is 0.200. The number of hydrogen-bond donors (Lipinski definition) is 2. The number of methoxy groups -OCH3 is 1. The molecule has 0 saturated carbocycles. The van der Waals surface area contributed by atoms with E-state index in [0.717, 1.165) is 23.1 Å². The Morgan fingerprint density at radius 1 is 0.844 bits per heavy atom. The summed E-state index contributed by atoms with van der Waals surface area (Å²) in [6.07, 6.45) is 0.982. The highest BCUT2D eigenvalue weighted by Gasteiger charge is 2.15. The fourth-order valence-corrected chi connectivity index (χ4v) is 3.28. The first kappa shape index (κ1) is 22.7. The van der Waals surface area contributed by atoms with Gasteiger partial charge in [-0.2, -0.15) is 0 Å². The smallest absolute Gasteiger partial charge is 0.356 e. The van der Waals surface area contributed by atoms with Crippen molar-refractivity contribution in [2.75, 3.05) is 7.11 Å². The van der Waals surface area contributed by atoms with Crippen LogP contribution in [0.1, 0.15) is 39.9 Å². The van der Waals surface area contributed by atoms with Crippen molar-refractivity contribution in [3.63, 3.8) is 0 Å². The summed E-state index contributed by atoms with van der Waals surface area (Å²) < 4.78 is 4.59. The summed E-state index contributed by atoms with van der Waals surface area (Å²) in [5, 5.41) is 0. The van der Waals surface area contributed by atoms with Crippen LogP contribution < -0.4 is 10.9 Å². The minimum atomic E-state index is -0.644. The molecular weight excluding hydrogens is 406 g/mol. The Labute approximate surface area is 186 Å². The molecule has 0 aliphatic heterocycles. The van der Waals surface area contributed by atoms with Gasteiger partial charge in [0.1, 0.15) is 11.4 Å². The molecule has 0 spiro atoms. The average Bonchev–Trinajstić information content (AvgIpc) is 2.83. The van der Waals surface area contributed by atoms with E-state index in [4.69, 9.17) is 0 Å². The van der Waals surface area contributed by atoms with Crippen LogP contribution in [0, 0.1) is 5.92 Å². The maximum atomic E-state index is 12.2. The SMILES string of the molecule is COC(=O)c1cccc(C(=O)NNC(=O)CC(C)Cc2ccc(-c3ccccc3)cc2)n1. The summed E-state index contributed by atoms with van der Waals surface area (Å²) in [5.41, 5.74) is 8.18. The number of esters is 1. The number of carbonyl (C=O) groups is 3. The molecule has 0 aliphatic carbocycles. The summed E-state index contributed by atoms with van der Waals surface area (Å²) >= 11 is 0. The zero-order valence-corrected chi connectivity index (χ0v) is 18.0. The number of carbonyl (C=O) groups excluding carboxylic acids is 3. The lowest BCUT2D eigenvalue weighted by atomic mass is 9.96. The van der Waals surface area contributed by atoms with E-state index in [-0.39, 0.29) is 29.6 Å². The first-order chi connectivity index (χ1) is 15.5. The summed E-state index contributed by atoms with van der Waals surface area (Å²) in [4.78, 5) is 39.9. The maximum Gasteiger partial charge on any atom is 0.356 e. The number of aromatic nitrogens is 1. The number of ether oxygens (including phenoxy) is 1. The molecule has 0 fully saturated rings. The summed E-state index contributed by atoms with van der Waals surface area (Å²) in [6.45, 7) is 1.98. The van der Waals surface area contributed by atoms with Crippen LogP contribution in [0.25, 0.3) is 11.1 Å². The summed E-state index contributed by atoms with van der Waals surface area (Å²) in [7, 11) is 1.23. The predicted molar refractivity (Wildman–Crippen MR) is 121 cm³/mol. The van der Waals surface area contributed by atoms with Crippen molar-refractivity contribution < 1.29 is 19.1 Å². The van der Waals surface area contributed by atoms with Crippen LogP contribution in [0.15, 0.2) is 72.8 Å². The number of nitrogens with zero attached hydrogens (tertiary/aromatic N) is 1. The third kappa shape index (κ3) is 6.25. The van der Waals surface area contributed by atoms with Gasteiger partial charge in [-0.15, -0.1) is 0 Å². The van der Waals surface area contributed by atoms with E-state index in [2.05, 4.69) is 57.0 Å². The van der Waals surface area contributed by atoms with Crippen molar-refractivity contribution in [2.45, 2.75) is 19.8 Å². The van der Waals surface area contributed by atoms with E-state index in [0.29, 0.717) is 0 Å². The molecule has 1 heterocycles. The largest absolute Gasteiger partial charge is 0.464 e. The van der Waals surface area contributed by atoms with Gasteiger partial charge in [-0.1, -0.05) is 67.6 Å². The Morgan fingerprint density at radius 3 is 2.19 bits per heavy atom. The van der Waals surface area contributed by atoms with Crippen molar-refractivity contribution in [3.05, 3.63) is 89.7 Å². The highest BCUT2D eigenvalue weighted by atomic mass is 16.5. The monoisotopic (exact) mass is 431 g/mol. The van der Waals surface area contributed by atoms with Crippen molar-refractivity contribution >= 4 is 17.8 Å². The fourth-order valence-electron chi connectivity index (χ4n) is 3.28. The Morgan fingerprint density at radius 2 is 1.50 bits per heavy atom. The molecule has 1 unspecified atom stereocenters. The molecule has 0 radical (unpaired) electrons. The van der Waals surface area contributed by atoms with Gasteiger partial charge in [0, 0.05) is 6.42 Å². The van der Waals surface area contributed by atoms with Crippen LogP contribution >= 0.6 is 0 Å².